The van der Waals surface area contributed by atoms with Crippen LogP contribution in [0, 0.1) is 0 Å². The van der Waals surface area contributed by atoms with E-state index in [-0.39, 0.29) is 12.1 Å². The van der Waals surface area contributed by atoms with Gasteiger partial charge in [-0.25, -0.2) is 9.78 Å². The second kappa shape index (κ2) is 3.34. The van der Waals surface area contributed by atoms with Crippen LogP contribution in [0.3, 0.4) is 0 Å². The number of nitrogens with zero attached hydrogens (tertiary/aromatic N) is 1. The molecule has 0 N–H and O–H groups in total. The van der Waals surface area contributed by atoms with Gasteiger partial charge >= 0.3 is 5.97 Å². The third-order valence-corrected chi connectivity index (χ3v) is 1.97. The number of carbonyl (C=O) groups excluding carboxylic acids is 1. The zero-order chi connectivity index (χ0) is 9.26. The van der Waals surface area contributed by atoms with E-state index in [0.717, 1.165) is 12.8 Å². The molecule has 2 rings (SSSR count). The van der Waals surface area contributed by atoms with E-state index < -0.39 is 0 Å². The maximum Gasteiger partial charge on any atom is 0.338 e. The van der Waals surface area contributed by atoms with Crippen molar-refractivity contribution in [2.45, 2.75) is 18.9 Å². The van der Waals surface area contributed by atoms with Crippen molar-refractivity contribution < 1.29 is 9.53 Å². The fourth-order valence-corrected chi connectivity index (χ4v) is 1.11. The summed E-state index contributed by atoms with van der Waals surface area (Å²) in [4.78, 5) is 15.1. The highest BCUT2D eigenvalue weighted by Gasteiger charge is 2.26. The topological polar surface area (TPSA) is 39.2 Å². The molecule has 0 atom stereocenters. The molecule has 1 aromatic rings. The zero-order valence-corrected chi connectivity index (χ0v) is 7.62. The maximum absolute atomic E-state index is 11.3. The first-order valence-electron chi connectivity index (χ1n) is 4.08. The minimum atomic E-state index is -0.313. The third-order valence-electron chi connectivity index (χ3n) is 1.76. The second-order valence-corrected chi connectivity index (χ2v) is 3.36. The van der Waals surface area contributed by atoms with Crippen molar-refractivity contribution in [2.75, 3.05) is 0 Å². The van der Waals surface area contributed by atoms with Gasteiger partial charge in [0.15, 0.2) is 0 Å². The molecule has 0 aromatic carbocycles. The van der Waals surface area contributed by atoms with E-state index >= 15 is 0 Å². The minimum absolute atomic E-state index is 0.124. The molecule has 0 radical (unpaired) electrons. The van der Waals surface area contributed by atoms with Gasteiger partial charge in [0.05, 0.1) is 5.56 Å². The van der Waals surface area contributed by atoms with Crippen molar-refractivity contribution in [3.8, 4) is 0 Å². The Labute approximate surface area is 80.7 Å². The molecule has 0 aliphatic heterocycles. The van der Waals surface area contributed by atoms with Crippen LogP contribution in [0.25, 0.3) is 0 Å². The number of aromatic nitrogens is 1. The summed E-state index contributed by atoms with van der Waals surface area (Å²) >= 11 is 5.62. The number of ether oxygens (including phenoxy) is 1. The summed E-state index contributed by atoms with van der Waals surface area (Å²) in [5, 5.41) is 0.310. The second-order valence-electron chi connectivity index (χ2n) is 2.97. The Morgan fingerprint density at radius 3 is 3.00 bits per heavy atom. The summed E-state index contributed by atoms with van der Waals surface area (Å²) in [5.74, 6) is -0.313. The van der Waals surface area contributed by atoms with Crippen molar-refractivity contribution >= 4 is 17.6 Å². The number of pyridine rings is 1. The lowest BCUT2D eigenvalue weighted by molar-refractivity contribution is 0.0472. The fraction of sp³-hybridized carbons (Fsp3) is 0.333. The number of hydrogen-bond acceptors (Lipinski definition) is 3. The first-order chi connectivity index (χ1) is 6.25. The van der Waals surface area contributed by atoms with E-state index in [0.29, 0.717) is 10.7 Å². The first kappa shape index (κ1) is 8.51. The lowest BCUT2D eigenvalue weighted by Crippen LogP contribution is -2.06. The van der Waals surface area contributed by atoms with E-state index in [1.807, 2.05) is 0 Å². The largest absolute Gasteiger partial charge is 0.459 e. The Balaban J connectivity index is 2.09. The molecule has 0 unspecified atom stereocenters. The van der Waals surface area contributed by atoms with Crippen molar-refractivity contribution in [1.29, 1.82) is 0 Å². The Hall–Kier alpha value is -1.09. The van der Waals surface area contributed by atoms with Crippen LogP contribution >= 0.6 is 11.6 Å². The summed E-state index contributed by atoms with van der Waals surface area (Å²) in [6.45, 7) is 0. The van der Waals surface area contributed by atoms with E-state index in [4.69, 9.17) is 16.3 Å². The standard InChI is InChI=1S/C9H8ClNO2/c10-8-5-6(3-4-11-8)9(12)13-7-1-2-7/h3-5,7H,1-2H2. The summed E-state index contributed by atoms with van der Waals surface area (Å²) in [6, 6.07) is 3.10. The summed E-state index contributed by atoms with van der Waals surface area (Å²) in [7, 11) is 0. The SMILES string of the molecule is O=C(OC1CC1)c1ccnc(Cl)c1. The number of halogens is 1. The molecule has 4 heteroatoms. The highest BCUT2D eigenvalue weighted by Crippen LogP contribution is 2.24. The van der Waals surface area contributed by atoms with Gasteiger partial charge in [-0.15, -0.1) is 0 Å². The van der Waals surface area contributed by atoms with Gasteiger partial charge in [0, 0.05) is 6.20 Å². The average Bonchev–Trinajstić information content (AvgIpc) is 2.88. The van der Waals surface area contributed by atoms with Gasteiger partial charge in [-0.2, -0.15) is 0 Å². The Morgan fingerprint density at radius 1 is 1.62 bits per heavy atom. The Kier molecular flexibility index (Phi) is 2.19. The first-order valence-corrected chi connectivity index (χ1v) is 4.46. The highest BCUT2D eigenvalue weighted by atomic mass is 35.5. The Morgan fingerprint density at radius 2 is 2.38 bits per heavy atom. The van der Waals surface area contributed by atoms with Crippen molar-refractivity contribution in [3.63, 3.8) is 0 Å². The van der Waals surface area contributed by atoms with Crippen LogP contribution in [0.1, 0.15) is 23.2 Å². The molecule has 0 saturated heterocycles. The number of esters is 1. The Bertz CT molecular complexity index is 336. The quantitative estimate of drug-likeness (QED) is 0.538. The van der Waals surface area contributed by atoms with Crippen LogP contribution < -0.4 is 0 Å². The van der Waals surface area contributed by atoms with Crippen LogP contribution in [0.5, 0.6) is 0 Å². The molecule has 13 heavy (non-hydrogen) atoms. The molecular weight excluding hydrogens is 190 g/mol. The van der Waals surface area contributed by atoms with Crippen LogP contribution in [0.4, 0.5) is 0 Å². The number of hydrogen-bond donors (Lipinski definition) is 0. The molecule has 1 saturated carbocycles. The molecule has 68 valence electrons. The van der Waals surface area contributed by atoms with Crippen LogP contribution in [0.2, 0.25) is 5.15 Å². The molecule has 0 spiro atoms. The van der Waals surface area contributed by atoms with Gasteiger partial charge in [-0.05, 0) is 25.0 Å². The van der Waals surface area contributed by atoms with E-state index in [1.54, 1.807) is 6.07 Å². The van der Waals surface area contributed by atoms with Gasteiger partial charge in [-0.3, -0.25) is 0 Å². The lowest BCUT2D eigenvalue weighted by Gasteiger charge is -2.01. The van der Waals surface area contributed by atoms with Gasteiger partial charge in [0.25, 0.3) is 0 Å². The highest BCUT2D eigenvalue weighted by molar-refractivity contribution is 6.29. The molecule has 3 nitrogen and oxygen atoms in total. The van der Waals surface area contributed by atoms with Crippen molar-refractivity contribution in [1.82, 2.24) is 4.98 Å². The summed E-state index contributed by atoms with van der Waals surface area (Å²) in [6.07, 6.45) is 3.57. The number of rotatable bonds is 2. The molecule has 1 aliphatic rings. The zero-order valence-electron chi connectivity index (χ0n) is 6.87. The maximum atomic E-state index is 11.3. The molecule has 1 aromatic heterocycles. The van der Waals surface area contributed by atoms with Gasteiger partial charge in [0.1, 0.15) is 11.3 Å². The van der Waals surface area contributed by atoms with Gasteiger partial charge in [0.2, 0.25) is 0 Å². The van der Waals surface area contributed by atoms with Gasteiger partial charge < -0.3 is 4.74 Å². The van der Waals surface area contributed by atoms with E-state index in [9.17, 15) is 4.79 Å². The molecule has 0 bridgehead atoms. The molecular formula is C9H8ClNO2. The normalized spacial score (nSPS) is 15.5. The predicted octanol–water partition coefficient (Wildman–Crippen LogP) is 2.05. The van der Waals surface area contributed by atoms with E-state index in [1.165, 1.54) is 12.3 Å². The molecule has 1 aliphatic carbocycles. The van der Waals surface area contributed by atoms with Crippen LogP contribution in [-0.2, 0) is 4.74 Å². The van der Waals surface area contributed by atoms with Gasteiger partial charge in [-0.1, -0.05) is 11.6 Å². The molecule has 1 fully saturated rings. The monoisotopic (exact) mass is 197 g/mol. The molecule has 0 amide bonds. The predicted molar refractivity (Wildman–Crippen MR) is 47.7 cm³/mol. The third kappa shape index (κ3) is 2.18. The minimum Gasteiger partial charge on any atom is -0.459 e. The van der Waals surface area contributed by atoms with Crippen molar-refractivity contribution in [2.24, 2.45) is 0 Å². The molecule has 1 heterocycles. The lowest BCUT2D eigenvalue weighted by atomic mass is 10.3. The average molecular weight is 198 g/mol. The smallest absolute Gasteiger partial charge is 0.338 e. The fourth-order valence-electron chi connectivity index (χ4n) is 0.935. The van der Waals surface area contributed by atoms with Crippen LogP contribution in [-0.4, -0.2) is 17.1 Å². The van der Waals surface area contributed by atoms with E-state index in [2.05, 4.69) is 4.98 Å². The number of carbonyl (C=O) groups is 1. The van der Waals surface area contributed by atoms with Crippen LogP contribution in [0.15, 0.2) is 18.3 Å². The summed E-state index contributed by atoms with van der Waals surface area (Å²) in [5.41, 5.74) is 0.465. The van der Waals surface area contributed by atoms with Crippen molar-refractivity contribution in [3.05, 3.63) is 29.0 Å². The summed E-state index contributed by atoms with van der Waals surface area (Å²) < 4.78 is 5.08.